The van der Waals surface area contributed by atoms with Crippen LogP contribution in [0.4, 0.5) is 5.69 Å². The number of methoxy groups -OCH3 is 1. The van der Waals surface area contributed by atoms with E-state index in [1.165, 1.54) is 0 Å². The van der Waals surface area contributed by atoms with Gasteiger partial charge < -0.3 is 10.5 Å². The summed E-state index contributed by atoms with van der Waals surface area (Å²) < 4.78 is 4.86. The summed E-state index contributed by atoms with van der Waals surface area (Å²) in [5, 5.41) is 0. The van der Waals surface area contributed by atoms with E-state index in [9.17, 15) is 0 Å². The highest BCUT2D eigenvalue weighted by Gasteiger charge is 1.95. The zero-order valence-corrected chi connectivity index (χ0v) is 8.09. The van der Waals surface area contributed by atoms with Crippen LogP contribution in [0.5, 0.6) is 5.88 Å². The Hall–Kier alpha value is -1.25. The fraction of sp³-hybridized carbons (Fsp3) is 0.444. The molecule has 0 fully saturated rings. The normalized spacial score (nSPS) is 8.33. The smallest absolute Gasteiger partial charge is 0.214 e. The molecule has 0 aliphatic carbocycles. The molecule has 0 aromatic carbocycles. The van der Waals surface area contributed by atoms with Crippen molar-refractivity contribution in [2.24, 2.45) is 0 Å². The van der Waals surface area contributed by atoms with E-state index in [0.29, 0.717) is 11.6 Å². The zero-order valence-electron chi connectivity index (χ0n) is 8.09. The number of hydrogen-bond acceptors (Lipinski definition) is 3. The van der Waals surface area contributed by atoms with Crippen LogP contribution in [0.1, 0.15) is 19.4 Å². The van der Waals surface area contributed by atoms with Gasteiger partial charge >= 0.3 is 0 Å². The van der Waals surface area contributed by atoms with E-state index in [4.69, 9.17) is 10.5 Å². The molecule has 1 aromatic heterocycles. The van der Waals surface area contributed by atoms with Crippen molar-refractivity contribution in [1.29, 1.82) is 0 Å². The molecule has 0 unspecified atom stereocenters. The van der Waals surface area contributed by atoms with Gasteiger partial charge in [-0.3, -0.25) is 0 Å². The molecule has 1 heterocycles. The predicted molar refractivity (Wildman–Crippen MR) is 51.3 cm³/mol. The highest BCUT2D eigenvalue weighted by atomic mass is 16.5. The third-order valence-electron chi connectivity index (χ3n) is 1.33. The summed E-state index contributed by atoms with van der Waals surface area (Å²) in [6, 6.07) is 1.70. The molecular formula is C9H16N2O. The van der Waals surface area contributed by atoms with Crippen LogP contribution in [0.15, 0.2) is 12.3 Å². The fourth-order valence-electron chi connectivity index (χ4n) is 0.631. The first-order chi connectivity index (χ1) is 5.74. The summed E-state index contributed by atoms with van der Waals surface area (Å²) in [4.78, 5) is 3.96. The van der Waals surface area contributed by atoms with E-state index in [0.717, 1.165) is 5.56 Å². The SMILES string of the molecule is CC.COc1cc(N)c(C)cn1. The van der Waals surface area contributed by atoms with Crippen molar-refractivity contribution >= 4 is 5.69 Å². The lowest BCUT2D eigenvalue weighted by Crippen LogP contribution is -1.93. The van der Waals surface area contributed by atoms with Crippen LogP contribution in [-0.4, -0.2) is 12.1 Å². The predicted octanol–water partition coefficient (Wildman–Crippen LogP) is 2.01. The van der Waals surface area contributed by atoms with Gasteiger partial charge in [0.15, 0.2) is 0 Å². The molecule has 12 heavy (non-hydrogen) atoms. The van der Waals surface area contributed by atoms with Crippen LogP contribution in [0.2, 0.25) is 0 Å². The van der Waals surface area contributed by atoms with Crippen LogP contribution in [0.3, 0.4) is 0 Å². The van der Waals surface area contributed by atoms with E-state index in [1.54, 1.807) is 19.4 Å². The van der Waals surface area contributed by atoms with E-state index in [-0.39, 0.29) is 0 Å². The van der Waals surface area contributed by atoms with Crippen LogP contribution >= 0.6 is 0 Å². The molecule has 0 amide bonds. The first-order valence-electron chi connectivity index (χ1n) is 4.00. The highest BCUT2D eigenvalue weighted by Crippen LogP contribution is 2.14. The maximum atomic E-state index is 5.58. The van der Waals surface area contributed by atoms with Gasteiger partial charge in [-0.25, -0.2) is 4.98 Å². The summed E-state index contributed by atoms with van der Waals surface area (Å²) in [5.74, 6) is 0.558. The Morgan fingerprint density at radius 1 is 1.42 bits per heavy atom. The third-order valence-corrected chi connectivity index (χ3v) is 1.33. The number of nitrogen functional groups attached to an aromatic ring is 1. The van der Waals surface area contributed by atoms with E-state index < -0.39 is 0 Å². The number of anilines is 1. The van der Waals surface area contributed by atoms with Gasteiger partial charge in [-0.2, -0.15) is 0 Å². The second-order valence-electron chi connectivity index (χ2n) is 2.08. The van der Waals surface area contributed by atoms with E-state index >= 15 is 0 Å². The first-order valence-corrected chi connectivity index (χ1v) is 4.00. The van der Waals surface area contributed by atoms with E-state index in [1.807, 2.05) is 20.8 Å². The molecule has 0 aliphatic rings. The maximum Gasteiger partial charge on any atom is 0.214 e. The van der Waals surface area contributed by atoms with Gasteiger partial charge in [0.25, 0.3) is 0 Å². The molecule has 0 spiro atoms. The molecule has 68 valence electrons. The van der Waals surface area contributed by atoms with Gasteiger partial charge in [-0.15, -0.1) is 0 Å². The second kappa shape index (κ2) is 5.41. The van der Waals surface area contributed by atoms with Crippen LogP contribution in [-0.2, 0) is 0 Å². The second-order valence-corrected chi connectivity index (χ2v) is 2.08. The number of rotatable bonds is 1. The Bertz CT molecular complexity index is 236. The minimum Gasteiger partial charge on any atom is -0.481 e. The van der Waals surface area contributed by atoms with Crippen molar-refractivity contribution in [2.45, 2.75) is 20.8 Å². The molecule has 0 atom stereocenters. The van der Waals surface area contributed by atoms with E-state index in [2.05, 4.69) is 4.98 Å². The highest BCUT2D eigenvalue weighted by molar-refractivity contribution is 5.46. The molecule has 0 saturated carbocycles. The van der Waals surface area contributed by atoms with Crippen molar-refractivity contribution in [3.8, 4) is 5.88 Å². The summed E-state index contributed by atoms with van der Waals surface area (Å²) in [7, 11) is 1.57. The number of aromatic nitrogens is 1. The molecule has 1 rings (SSSR count). The molecule has 3 nitrogen and oxygen atoms in total. The third kappa shape index (κ3) is 2.78. The fourth-order valence-corrected chi connectivity index (χ4v) is 0.631. The molecule has 0 radical (unpaired) electrons. The summed E-state index contributed by atoms with van der Waals surface area (Å²) in [6.07, 6.45) is 1.69. The van der Waals surface area contributed by atoms with Gasteiger partial charge in [0, 0.05) is 18.0 Å². The Balaban J connectivity index is 0.000000561. The molecule has 2 N–H and O–H groups in total. The van der Waals surface area contributed by atoms with Crippen LogP contribution < -0.4 is 10.5 Å². The van der Waals surface area contributed by atoms with Gasteiger partial charge in [0.05, 0.1) is 7.11 Å². The number of aryl methyl sites for hydroxylation is 1. The van der Waals surface area contributed by atoms with Gasteiger partial charge in [-0.05, 0) is 12.5 Å². The van der Waals surface area contributed by atoms with Crippen molar-refractivity contribution in [3.63, 3.8) is 0 Å². The lowest BCUT2D eigenvalue weighted by atomic mass is 10.3. The van der Waals surface area contributed by atoms with Crippen LogP contribution in [0, 0.1) is 6.92 Å². The Morgan fingerprint density at radius 2 is 2.00 bits per heavy atom. The Morgan fingerprint density at radius 3 is 2.42 bits per heavy atom. The maximum absolute atomic E-state index is 5.58. The largest absolute Gasteiger partial charge is 0.481 e. The minimum atomic E-state index is 0.558. The minimum absolute atomic E-state index is 0.558. The zero-order chi connectivity index (χ0) is 9.56. The van der Waals surface area contributed by atoms with Crippen molar-refractivity contribution < 1.29 is 4.74 Å². The van der Waals surface area contributed by atoms with Crippen molar-refractivity contribution in [2.75, 3.05) is 12.8 Å². The van der Waals surface area contributed by atoms with Gasteiger partial charge in [0.1, 0.15) is 0 Å². The number of nitrogens with zero attached hydrogens (tertiary/aromatic N) is 1. The molecule has 1 aromatic rings. The summed E-state index contributed by atoms with van der Waals surface area (Å²) in [6.45, 7) is 5.90. The Kier molecular flexibility index (Phi) is 4.84. The monoisotopic (exact) mass is 168 g/mol. The molecule has 0 saturated heterocycles. The van der Waals surface area contributed by atoms with Gasteiger partial charge in [-0.1, -0.05) is 13.8 Å². The number of hydrogen-bond donors (Lipinski definition) is 1. The number of nitrogens with two attached hydrogens (primary N) is 1. The average molecular weight is 168 g/mol. The van der Waals surface area contributed by atoms with Crippen LogP contribution in [0.25, 0.3) is 0 Å². The topological polar surface area (TPSA) is 48.1 Å². The van der Waals surface area contributed by atoms with Crippen molar-refractivity contribution in [1.82, 2.24) is 4.98 Å². The van der Waals surface area contributed by atoms with Crippen molar-refractivity contribution in [3.05, 3.63) is 17.8 Å². The number of ether oxygens (including phenoxy) is 1. The molecule has 0 aliphatic heterocycles. The lowest BCUT2D eigenvalue weighted by molar-refractivity contribution is 0.398. The molecular weight excluding hydrogens is 152 g/mol. The summed E-state index contributed by atoms with van der Waals surface area (Å²) in [5.41, 5.74) is 7.26. The standard InChI is InChI=1S/C7H10N2O.C2H6/c1-5-4-9-7(10-2)3-6(5)8;1-2/h3-4H,1-2H3,(H2,8,9);1-2H3. The summed E-state index contributed by atoms with van der Waals surface area (Å²) >= 11 is 0. The van der Waals surface area contributed by atoms with Gasteiger partial charge in [0.2, 0.25) is 5.88 Å². The Labute approximate surface area is 73.6 Å². The lowest BCUT2D eigenvalue weighted by Gasteiger charge is -2.00. The molecule has 0 bridgehead atoms. The average Bonchev–Trinajstić information content (AvgIpc) is 2.13. The first kappa shape index (κ1) is 10.8. The molecule has 3 heteroatoms. The number of pyridine rings is 1. The quantitative estimate of drug-likeness (QED) is 0.697.